The van der Waals surface area contributed by atoms with Crippen LogP contribution in [0.5, 0.6) is 0 Å². The number of nitrogens with zero attached hydrogens (tertiary/aromatic N) is 3. The lowest BCUT2D eigenvalue weighted by atomic mass is 10.3. The number of nitrogens with one attached hydrogen (secondary N) is 1. The molecule has 0 rings (SSSR count). The molecule has 1 amide bonds. The first-order chi connectivity index (χ1) is 10.7. The minimum atomic E-state index is -0.920. The van der Waals surface area contributed by atoms with Gasteiger partial charge in [0.2, 0.25) is 5.91 Å². The molecule has 0 aliphatic carbocycles. The average molecular weight is 347 g/mol. The zero-order chi connectivity index (χ0) is 18.0. The number of likely N-dealkylation sites (N-methyl/N-ethyl adjacent to an activating group) is 2. The minimum Gasteiger partial charge on any atom is -0.357 e. The highest BCUT2D eigenvalue weighted by atomic mass is 32.2. The Hall–Kier alpha value is -1.11. The smallest absolute Gasteiger partial charge is 0.242 e. The van der Waals surface area contributed by atoms with Crippen molar-refractivity contribution in [2.24, 2.45) is 4.99 Å². The average Bonchev–Trinajstić information content (AvgIpc) is 2.46. The minimum absolute atomic E-state index is 0.0846. The summed E-state index contributed by atoms with van der Waals surface area (Å²) in [5.41, 5.74) is 0. The van der Waals surface area contributed by atoms with Crippen molar-refractivity contribution in [1.29, 1.82) is 0 Å². The molecule has 1 unspecified atom stereocenters. The Morgan fingerprint density at radius 2 is 1.74 bits per heavy atom. The van der Waals surface area contributed by atoms with E-state index in [1.54, 1.807) is 4.90 Å². The van der Waals surface area contributed by atoms with Gasteiger partial charge < -0.3 is 15.1 Å². The SMILES string of the molecule is CCNC(=NCCS(=O)C(C)(C)C)N(C)CC(=O)N(CC)CC. The van der Waals surface area contributed by atoms with Crippen LogP contribution in [0.2, 0.25) is 0 Å². The van der Waals surface area contributed by atoms with Crippen molar-refractivity contribution in [2.75, 3.05) is 45.5 Å². The molecule has 1 N–H and O–H groups in total. The molecule has 1 atom stereocenters. The van der Waals surface area contributed by atoms with Crippen LogP contribution in [0.15, 0.2) is 4.99 Å². The van der Waals surface area contributed by atoms with Gasteiger partial charge in [0.05, 0.1) is 13.1 Å². The van der Waals surface area contributed by atoms with Crippen LogP contribution in [0.3, 0.4) is 0 Å². The van der Waals surface area contributed by atoms with Crippen LogP contribution >= 0.6 is 0 Å². The first-order valence-corrected chi connectivity index (χ1v) is 9.64. The van der Waals surface area contributed by atoms with Crippen molar-refractivity contribution in [2.45, 2.75) is 46.3 Å². The second-order valence-corrected chi connectivity index (χ2v) is 8.64. The molecular weight excluding hydrogens is 312 g/mol. The van der Waals surface area contributed by atoms with Crippen molar-refractivity contribution in [3.05, 3.63) is 0 Å². The van der Waals surface area contributed by atoms with E-state index in [1.807, 2.05) is 53.5 Å². The summed E-state index contributed by atoms with van der Waals surface area (Å²) in [7, 11) is 0.930. The first-order valence-electron chi connectivity index (χ1n) is 8.32. The molecule has 7 heteroatoms. The summed E-state index contributed by atoms with van der Waals surface area (Å²) in [6.07, 6.45) is 0. The van der Waals surface area contributed by atoms with Gasteiger partial charge in [0, 0.05) is 48.0 Å². The Kier molecular flexibility index (Phi) is 10.1. The summed E-state index contributed by atoms with van der Waals surface area (Å²) in [4.78, 5) is 20.3. The lowest BCUT2D eigenvalue weighted by molar-refractivity contribution is -0.131. The van der Waals surface area contributed by atoms with Gasteiger partial charge in [-0.25, -0.2) is 0 Å². The van der Waals surface area contributed by atoms with Crippen LogP contribution in [-0.4, -0.2) is 76.1 Å². The highest BCUT2D eigenvalue weighted by molar-refractivity contribution is 7.86. The van der Waals surface area contributed by atoms with Crippen molar-refractivity contribution in [3.63, 3.8) is 0 Å². The maximum Gasteiger partial charge on any atom is 0.242 e. The molecule has 0 aromatic heterocycles. The Morgan fingerprint density at radius 3 is 2.17 bits per heavy atom. The number of guanidine groups is 1. The fraction of sp³-hybridized carbons (Fsp3) is 0.875. The first kappa shape index (κ1) is 21.9. The summed E-state index contributed by atoms with van der Waals surface area (Å²) < 4.78 is 11.8. The van der Waals surface area contributed by atoms with E-state index in [4.69, 9.17) is 0 Å². The van der Waals surface area contributed by atoms with Gasteiger partial charge in [-0.05, 0) is 41.5 Å². The molecule has 0 radical (unpaired) electrons. The highest BCUT2D eigenvalue weighted by Gasteiger charge is 2.19. The van der Waals surface area contributed by atoms with Crippen LogP contribution in [0.1, 0.15) is 41.5 Å². The third kappa shape index (κ3) is 8.34. The topological polar surface area (TPSA) is 65.0 Å². The molecule has 0 aliphatic heterocycles. The van der Waals surface area contributed by atoms with E-state index in [2.05, 4.69) is 10.3 Å². The molecule has 0 bridgehead atoms. The van der Waals surface area contributed by atoms with Crippen molar-refractivity contribution in [3.8, 4) is 0 Å². The van der Waals surface area contributed by atoms with Crippen LogP contribution in [0, 0.1) is 0 Å². The molecule has 6 nitrogen and oxygen atoms in total. The Labute approximate surface area is 144 Å². The van der Waals surface area contributed by atoms with Crippen molar-refractivity contribution in [1.82, 2.24) is 15.1 Å². The molecule has 0 spiro atoms. The van der Waals surface area contributed by atoms with Crippen LogP contribution in [0.4, 0.5) is 0 Å². The Balaban J connectivity index is 4.73. The van der Waals surface area contributed by atoms with Gasteiger partial charge >= 0.3 is 0 Å². The molecular formula is C16H34N4O2S. The monoisotopic (exact) mass is 346 g/mol. The van der Waals surface area contributed by atoms with Gasteiger partial charge in [-0.3, -0.25) is 14.0 Å². The van der Waals surface area contributed by atoms with E-state index in [0.717, 1.165) is 6.54 Å². The van der Waals surface area contributed by atoms with E-state index in [-0.39, 0.29) is 17.2 Å². The second kappa shape index (κ2) is 10.6. The largest absolute Gasteiger partial charge is 0.357 e. The summed E-state index contributed by atoms with van der Waals surface area (Å²) in [6.45, 7) is 14.8. The van der Waals surface area contributed by atoms with Gasteiger partial charge in [-0.1, -0.05) is 0 Å². The maximum atomic E-state index is 12.2. The standard InChI is InChI=1S/C16H34N4O2S/c1-8-17-15(18-11-12-23(22)16(4,5)6)19(7)13-14(21)20(9-2)10-3/h8-13H2,1-7H3,(H,17,18). The van der Waals surface area contributed by atoms with E-state index >= 15 is 0 Å². The number of amides is 1. The number of aliphatic imine (C=N–C) groups is 1. The van der Waals surface area contributed by atoms with E-state index in [0.29, 0.717) is 31.3 Å². The van der Waals surface area contributed by atoms with E-state index in [1.165, 1.54) is 0 Å². The van der Waals surface area contributed by atoms with Crippen molar-refractivity contribution >= 4 is 22.7 Å². The van der Waals surface area contributed by atoms with Crippen LogP contribution < -0.4 is 5.32 Å². The number of carbonyl (C=O) groups excluding carboxylic acids is 1. The lowest BCUT2D eigenvalue weighted by Gasteiger charge is -2.25. The molecule has 0 saturated carbocycles. The molecule has 0 saturated heterocycles. The maximum absolute atomic E-state index is 12.2. The zero-order valence-electron chi connectivity index (χ0n) is 15.8. The molecule has 23 heavy (non-hydrogen) atoms. The molecule has 0 heterocycles. The third-order valence-corrected chi connectivity index (χ3v) is 5.33. The molecule has 0 aliphatic rings. The predicted octanol–water partition coefficient (Wildman–Crippen LogP) is 1.30. The van der Waals surface area contributed by atoms with Crippen molar-refractivity contribution < 1.29 is 9.00 Å². The summed E-state index contributed by atoms with van der Waals surface area (Å²) in [5, 5.41) is 3.18. The second-order valence-electron chi connectivity index (χ2n) is 6.32. The number of hydrogen-bond donors (Lipinski definition) is 1. The third-order valence-electron chi connectivity index (χ3n) is 3.41. The van der Waals surface area contributed by atoms with Gasteiger partial charge in [0.15, 0.2) is 5.96 Å². The van der Waals surface area contributed by atoms with Gasteiger partial charge in [-0.15, -0.1) is 0 Å². The Morgan fingerprint density at radius 1 is 1.17 bits per heavy atom. The fourth-order valence-corrected chi connectivity index (χ4v) is 2.83. The number of rotatable bonds is 8. The van der Waals surface area contributed by atoms with E-state index in [9.17, 15) is 9.00 Å². The Bertz CT molecular complexity index is 415. The zero-order valence-corrected chi connectivity index (χ0v) is 16.6. The summed E-state index contributed by atoms with van der Waals surface area (Å²) >= 11 is 0. The fourth-order valence-electron chi connectivity index (χ4n) is 1.96. The number of hydrogen-bond acceptors (Lipinski definition) is 3. The summed E-state index contributed by atoms with van der Waals surface area (Å²) in [5.74, 6) is 1.29. The number of carbonyl (C=O) groups is 1. The van der Waals surface area contributed by atoms with Gasteiger partial charge in [0.25, 0.3) is 0 Å². The lowest BCUT2D eigenvalue weighted by Crippen LogP contribution is -2.45. The van der Waals surface area contributed by atoms with Crippen LogP contribution in [0.25, 0.3) is 0 Å². The van der Waals surface area contributed by atoms with Gasteiger partial charge in [0.1, 0.15) is 0 Å². The van der Waals surface area contributed by atoms with Crippen LogP contribution in [-0.2, 0) is 15.6 Å². The predicted molar refractivity (Wildman–Crippen MR) is 99.3 cm³/mol. The van der Waals surface area contributed by atoms with E-state index < -0.39 is 10.8 Å². The highest BCUT2D eigenvalue weighted by Crippen LogP contribution is 2.10. The molecule has 0 aromatic carbocycles. The normalized spacial score (nSPS) is 13.6. The van der Waals surface area contributed by atoms with Gasteiger partial charge in [-0.2, -0.15) is 0 Å². The molecule has 0 aromatic rings. The summed E-state index contributed by atoms with van der Waals surface area (Å²) in [6, 6.07) is 0. The quantitative estimate of drug-likeness (QED) is 0.531. The molecule has 0 fully saturated rings. The molecule has 136 valence electrons.